The molecule has 0 amide bonds. The van der Waals surface area contributed by atoms with E-state index in [0.717, 1.165) is 6.42 Å². The fourth-order valence-corrected chi connectivity index (χ4v) is 1.06. The highest BCUT2D eigenvalue weighted by molar-refractivity contribution is 7.80. The molecule has 0 aliphatic heterocycles. The van der Waals surface area contributed by atoms with E-state index >= 15 is 0 Å². The third-order valence-corrected chi connectivity index (χ3v) is 2.15. The number of benzene rings is 1. The van der Waals surface area contributed by atoms with Gasteiger partial charge in [0.1, 0.15) is 6.61 Å². The van der Waals surface area contributed by atoms with E-state index in [1.165, 1.54) is 5.56 Å². The van der Waals surface area contributed by atoms with Gasteiger partial charge in [0.05, 0.1) is 0 Å². The van der Waals surface area contributed by atoms with E-state index in [4.69, 9.17) is 17.0 Å². The van der Waals surface area contributed by atoms with Gasteiger partial charge in [-0.1, -0.05) is 43.3 Å². The highest BCUT2D eigenvalue weighted by atomic mass is 32.1. The van der Waals surface area contributed by atoms with E-state index in [-0.39, 0.29) is 0 Å². The smallest absolute Gasteiger partial charge is 0.159 e. The van der Waals surface area contributed by atoms with Gasteiger partial charge in [0, 0.05) is 6.42 Å². The summed E-state index contributed by atoms with van der Waals surface area (Å²) in [5.74, 6) is 0. The molecule has 0 spiro atoms. The third-order valence-electron chi connectivity index (χ3n) is 1.74. The van der Waals surface area contributed by atoms with Crippen molar-refractivity contribution < 1.29 is 4.74 Å². The first kappa shape index (κ1) is 10.9. The molecule has 0 aliphatic carbocycles. The van der Waals surface area contributed by atoms with Crippen LogP contribution in [0.15, 0.2) is 36.4 Å². The molecule has 0 radical (unpaired) electrons. The lowest BCUT2D eigenvalue weighted by atomic mass is 10.2. The fraction of sp³-hybridized carbons (Fsp3) is 0.250. The van der Waals surface area contributed by atoms with Crippen molar-refractivity contribution in [1.82, 2.24) is 0 Å². The number of ether oxygens (including phenoxy) is 1. The number of hydrogen-bond donors (Lipinski definition) is 0. The number of hydrogen-bond acceptors (Lipinski definition) is 2. The van der Waals surface area contributed by atoms with Crippen molar-refractivity contribution in [2.75, 3.05) is 6.61 Å². The Morgan fingerprint density at radius 3 is 2.71 bits per heavy atom. The first-order chi connectivity index (χ1) is 6.83. The molecule has 74 valence electrons. The van der Waals surface area contributed by atoms with Crippen LogP contribution >= 0.6 is 12.2 Å². The Morgan fingerprint density at radius 2 is 2.07 bits per heavy atom. The summed E-state index contributed by atoms with van der Waals surface area (Å²) in [7, 11) is 0. The van der Waals surface area contributed by atoms with Crippen molar-refractivity contribution in [3.63, 3.8) is 0 Å². The second-order valence-corrected chi connectivity index (χ2v) is 3.30. The van der Waals surface area contributed by atoms with Crippen LogP contribution in [0.5, 0.6) is 0 Å². The Hall–Kier alpha value is -1.15. The van der Waals surface area contributed by atoms with Crippen molar-refractivity contribution in [1.29, 1.82) is 0 Å². The molecular weight excluding hydrogens is 192 g/mol. The summed E-state index contributed by atoms with van der Waals surface area (Å²) in [6.45, 7) is 2.55. The van der Waals surface area contributed by atoms with Crippen LogP contribution in [0.4, 0.5) is 0 Å². The SMILES string of the molecule is CCC(=S)OCC=Cc1ccccc1. The summed E-state index contributed by atoms with van der Waals surface area (Å²) in [6, 6.07) is 10.1. The minimum Gasteiger partial charge on any atom is -0.483 e. The lowest BCUT2D eigenvalue weighted by molar-refractivity contribution is 0.352. The predicted octanol–water partition coefficient (Wildman–Crippen LogP) is 3.45. The minimum atomic E-state index is 0.557. The molecule has 1 nitrogen and oxygen atoms in total. The lowest BCUT2D eigenvalue weighted by Crippen LogP contribution is -1.98. The summed E-state index contributed by atoms with van der Waals surface area (Å²) in [4.78, 5) is 0. The van der Waals surface area contributed by atoms with Crippen molar-refractivity contribution in [2.24, 2.45) is 0 Å². The summed E-state index contributed by atoms with van der Waals surface area (Å²) in [6.07, 6.45) is 4.80. The average molecular weight is 206 g/mol. The molecule has 0 bridgehead atoms. The Balaban J connectivity index is 2.31. The quantitative estimate of drug-likeness (QED) is 0.698. The highest BCUT2D eigenvalue weighted by Gasteiger charge is 1.89. The molecule has 1 rings (SSSR count). The van der Waals surface area contributed by atoms with Crippen LogP contribution < -0.4 is 0 Å². The first-order valence-corrected chi connectivity index (χ1v) is 5.11. The van der Waals surface area contributed by atoms with Gasteiger partial charge in [-0.15, -0.1) is 0 Å². The van der Waals surface area contributed by atoms with Crippen molar-refractivity contribution in [3.8, 4) is 0 Å². The van der Waals surface area contributed by atoms with Crippen LogP contribution in [0.1, 0.15) is 18.9 Å². The van der Waals surface area contributed by atoms with Crippen LogP contribution in [0.3, 0.4) is 0 Å². The van der Waals surface area contributed by atoms with Crippen molar-refractivity contribution >= 4 is 23.3 Å². The van der Waals surface area contributed by atoms with E-state index in [1.54, 1.807) is 0 Å². The average Bonchev–Trinajstić information content (AvgIpc) is 2.25. The maximum atomic E-state index is 5.26. The van der Waals surface area contributed by atoms with E-state index < -0.39 is 0 Å². The van der Waals surface area contributed by atoms with Gasteiger partial charge in [0.25, 0.3) is 0 Å². The maximum Gasteiger partial charge on any atom is 0.159 e. The normalized spacial score (nSPS) is 10.4. The molecule has 1 aromatic carbocycles. The fourth-order valence-electron chi connectivity index (χ4n) is 0.991. The lowest BCUT2D eigenvalue weighted by Gasteiger charge is -2.00. The zero-order valence-corrected chi connectivity index (χ0v) is 9.09. The molecule has 0 heterocycles. The standard InChI is InChI=1S/C12H14OS/c1-2-12(14)13-10-6-9-11-7-4-3-5-8-11/h3-9H,2,10H2,1H3. The second-order valence-electron chi connectivity index (χ2n) is 2.85. The molecule has 2 heteroatoms. The molecular formula is C12H14OS. The second kappa shape index (κ2) is 6.33. The summed E-state index contributed by atoms with van der Waals surface area (Å²) < 4.78 is 5.26. The van der Waals surface area contributed by atoms with Crippen LogP contribution in [0.25, 0.3) is 6.08 Å². The molecule has 0 unspecified atom stereocenters. The van der Waals surface area contributed by atoms with E-state index in [0.29, 0.717) is 11.7 Å². The van der Waals surface area contributed by atoms with Crippen LogP contribution in [0.2, 0.25) is 0 Å². The van der Waals surface area contributed by atoms with Crippen molar-refractivity contribution in [2.45, 2.75) is 13.3 Å². The van der Waals surface area contributed by atoms with Crippen LogP contribution in [0, 0.1) is 0 Å². The minimum absolute atomic E-state index is 0.557. The summed E-state index contributed by atoms with van der Waals surface area (Å²) in [5, 5.41) is 0.669. The van der Waals surface area contributed by atoms with Gasteiger partial charge in [-0.3, -0.25) is 0 Å². The van der Waals surface area contributed by atoms with Crippen LogP contribution in [-0.2, 0) is 4.74 Å². The topological polar surface area (TPSA) is 9.23 Å². The van der Waals surface area contributed by atoms with Gasteiger partial charge >= 0.3 is 0 Å². The Kier molecular flexibility index (Phi) is 4.94. The molecule has 0 atom stereocenters. The molecule has 0 saturated carbocycles. The first-order valence-electron chi connectivity index (χ1n) is 4.70. The maximum absolute atomic E-state index is 5.26. The summed E-state index contributed by atoms with van der Waals surface area (Å²) >= 11 is 4.93. The zero-order chi connectivity index (χ0) is 10.2. The number of thiocarbonyl (C=S) groups is 1. The molecule has 0 aromatic heterocycles. The molecule has 0 fully saturated rings. The monoisotopic (exact) mass is 206 g/mol. The van der Waals surface area contributed by atoms with Gasteiger partial charge in [-0.25, -0.2) is 0 Å². The molecule has 0 N–H and O–H groups in total. The molecule has 0 aliphatic rings. The molecule has 1 aromatic rings. The van der Waals surface area contributed by atoms with E-state index in [1.807, 2.05) is 37.3 Å². The van der Waals surface area contributed by atoms with E-state index in [2.05, 4.69) is 12.1 Å². The Bertz CT molecular complexity index is 303. The van der Waals surface area contributed by atoms with E-state index in [9.17, 15) is 0 Å². The molecule has 14 heavy (non-hydrogen) atoms. The van der Waals surface area contributed by atoms with Gasteiger partial charge in [-0.2, -0.15) is 0 Å². The predicted molar refractivity (Wildman–Crippen MR) is 64.3 cm³/mol. The summed E-state index contributed by atoms with van der Waals surface area (Å²) in [5.41, 5.74) is 1.18. The Labute approximate surface area is 90.4 Å². The third kappa shape index (κ3) is 4.19. The van der Waals surface area contributed by atoms with Crippen LogP contribution in [-0.4, -0.2) is 11.7 Å². The number of rotatable bonds is 4. The molecule has 0 saturated heterocycles. The van der Waals surface area contributed by atoms with Gasteiger partial charge in [-0.05, 0) is 23.9 Å². The highest BCUT2D eigenvalue weighted by Crippen LogP contribution is 2.00. The van der Waals surface area contributed by atoms with Crippen molar-refractivity contribution in [3.05, 3.63) is 42.0 Å². The van der Waals surface area contributed by atoms with Gasteiger partial charge in [0.15, 0.2) is 5.05 Å². The van der Waals surface area contributed by atoms with Gasteiger partial charge in [0.2, 0.25) is 0 Å². The zero-order valence-electron chi connectivity index (χ0n) is 8.27. The largest absolute Gasteiger partial charge is 0.483 e. The van der Waals surface area contributed by atoms with Gasteiger partial charge < -0.3 is 4.74 Å². The Morgan fingerprint density at radius 1 is 1.36 bits per heavy atom.